The van der Waals surface area contributed by atoms with Crippen LogP contribution in [0.15, 0.2) is 22.8 Å². The molecule has 2 rings (SSSR count). The first-order valence-electron chi connectivity index (χ1n) is 5.19. The number of aryl methyl sites for hydroxylation is 1. The highest BCUT2D eigenvalue weighted by molar-refractivity contribution is 7.12. The van der Waals surface area contributed by atoms with Crippen LogP contribution in [-0.4, -0.2) is 16.1 Å². The Kier molecular flexibility index (Phi) is 3.43. The molecule has 2 N–H and O–H groups in total. The monoisotopic (exact) mass is 252 g/mol. The first kappa shape index (κ1) is 11.7. The Hall–Kier alpha value is -1.82. The van der Waals surface area contributed by atoms with Crippen LogP contribution in [0, 0.1) is 0 Å². The predicted octanol–water partition coefficient (Wildman–Crippen LogP) is 2.61. The molecular formula is C11H12N2O3S. The molecule has 0 saturated carbocycles. The molecule has 0 spiro atoms. The van der Waals surface area contributed by atoms with Crippen LogP contribution in [0.4, 0.5) is 6.01 Å². The van der Waals surface area contributed by atoms with Crippen molar-refractivity contribution >= 4 is 23.3 Å². The maximum atomic E-state index is 10.6. The van der Waals surface area contributed by atoms with E-state index >= 15 is 0 Å². The molecular weight excluding hydrogens is 240 g/mol. The van der Waals surface area contributed by atoms with Crippen molar-refractivity contribution in [3.63, 3.8) is 0 Å². The van der Waals surface area contributed by atoms with Gasteiger partial charge in [0.1, 0.15) is 6.26 Å². The minimum Gasteiger partial charge on any atom is -0.476 e. The summed E-state index contributed by atoms with van der Waals surface area (Å²) in [5.41, 5.74) is -0.0899. The van der Waals surface area contributed by atoms with Gasteiger partial charge in [-0.3, -0.25) is 0 Å². The van der Waals surface area contributed by atoms with E-state index in [1.807, 2.05) is 6.07 Å². The molecule has 2 aromatic rings. The average molecular weight is 252 g/mol. The first-order chi connectivity index (χ1) is 8.19. The van der Waals surface area contributed by atoms with Gasteiger partial charge in [-0.25, -0.2) is 4.79 Å². The molecule has 0 fully saturated rings. The van der Waals surface area contributed by atoms with Gasteiger partial charge < -0.3 is 14.8 Å². The summed E-state index contributed by atoms with van der Waals surface area (Å²) in [4.78, 5) is 16.8. The van der Waals surface area contributed by atoms with Gasteiger partial charge in [-0.15, -0.1) is 11.3 Å². The molecule has 0 bridgehead atoms. The maximum Gasteiger partial charge on any atom is 0.357 e. The third kappa shape index (κ3) is 2.85. The van der Waals surface area contributed by atoms with Crippen molar-refractivity contribution in [2.45, 2.75) is 19.9 Å². The van der Waals surface area contributed by atoms with Gasteiger partial charge in [-0.05, 0) is 18.6 Å². The second kappa shape index (κ2) is 5.01. The van der Waals surface area contributed by atoms with Crippen LogP contribution in [-0.2, 0) is 13.0 Å². The summed E-state index contributed by atoms with van der Waals surface area (Å²) in [5, 5.41) is 11.6. The molecule has 0 radical (unpaired) electrons. The number of thiophene rings is 1. The fraction of sp³-hybridized carbons (Fsp3) is 0.273. The second-order valence-corrected chi connectivity index (χ2v) is 4.67. The molecule has 0 unspecified atom stereocenters. The van der Waals surface area contributed by atoms with Crippen molar-refractivity contribution in [1.29, 1.82) is 0 Å². The fourth-order valence-electron chi connectivity index (χ4n) is 1.32. The van der Waals surface area contributed by atoms with Gasteiger partial charge in [0.15, 0.2) is 5.69 Å². The van der Waals surface area contributed by atoms with Crippen LogP contribution < -0.4 is 5.32 Å². The maximum absolute atomic E-state index is 10.6. The Bertz CT molecular complexity index is 518. The van der Waals surface area contributed by atoms with E-state index in [-0.39, 0.29) is 11.7 Å². The Morgan fingerprint density at radius 3 is 2.88 bits per heavy atom. The highest BCUT2D eigenvalue weighted by atomic mass is 32.1. The normalized spacial score (nSPS) is 10.4. The van der Waals surface area contributed by atoms with Gasteiger partial charge in [0, 0.05) is 9.75 Å². The number of nitrogens with one attached hydrogen (secondary N) is 1. The molecule has 0 aliphatic rings. The molecule has 0 aromatic carbocycles. The number of carbonyl (C=O) groups is 1. The summed E-state index contributed by atoms with van der Waals surface area (Å²) in [6.45, 7) is 2.69. The molecule has 5 nitrogen and oxygen atoms in total. The molecule has 0 aliphatic heterocycles. The van der Waals surface area contributed by atoms with Gasteiger partial charge >= 0.3 is 5.97 Å². The van der Waals surface area contributed by atoms with Gasteiger partial charge in [-0.1, -0.05) is 6.92 Å². The SMILES string of the molecule is CCc1ccc(CNc2nc(C(=O)O)co2)s1. The molecule has 0 amide bonds. The van der Waals surface area contributed by atoms with Gasteiger partial charge in [0.2, 0.25) is 0 Å². The van der Waals surface area contributed by atoms with Crippen LogP contribution in [0.3, 0.4) is 0 Å². The molecule has 0 saturated heterocycles. The lowest BCUT2D eigenvalue weighted by Gasteiger charge is -1.97. The van der Waals surface area contributed by atoms with E-state index in [0.29, 0.717) is 6.54 Å². The first-order valence-corrected chi connectivity index (χ1v) is 6.01. The number of oxazole rings is 1. The van der Waals surface area contributed by atoms with E-state index in [1.54, 1.807) is 11.3 Å². The van der Waals surface area contributed by atoms with Crippen LogP contribution >= 0.6 is 11.3 Å². The topological polar surface area (TPSA) is 75.4 Å². The number of aromatic carboxylic acids is 1. The van der Waals surface area contributed by atoms with Crippen molar-refractivity contribution in [2.24, 2.45) is 0 Å². The summed E-state index contributed by atoms with van der Waals surface area (Å²) in [5.74, 6) is -1.09. The highest BCUT2D eigenvalue weighted by Gasteiger charge is 2.10. The third-order valence-corrected chi connectivity index (χ3v) is 3.43. The van der Waals surface area contributed by atoms with Crippen LogP contribution in [0.1, 0.15) is 27.2 Å². The summed E-state index contributed by atoms with van der Waals surface area (Å²) in [7, 11) is 0. The number of carboxylic acid groups (broad SMARTS) is 1. The van der Waals surface area contributed by atoms with Gasteiger partial charge in [-0.2, -0.15) is 4.98 Å². The van der Waals surface area contributed by atoms with Crippen molar-refractivity contribution in [2.75, 3.05) is 5.32 Å². The lowest BCUT2D eigenvalue weighted by atomic mass is 10.4. The number of hydrogen-bond donors (Lipinski definition) is 2. The van der Waals surface area contributed by atoms with E-state index in [4.69, 9.17) is 9.52 Å². The quantitative estimate of drug-likeness (QED) is 0.855. The second-order valence-electron chi connectivity index (χ2n) is 3.42. The number of aromatic nitrogens is 1. The molecule has 2 heterocycles. The van der Waals surface area contributed by atoms with Gasteiger partial charge in [0.25, 0.3) is 6.01 Å². The Balaban J connectivity index is 1.94. The zero-order valence-corrected chi connectivity index (χ0v) is 10.1. The zero-order valence-electron chi connectivity index (χ0n) is 9.27. The van der Waals surface area contributed by atoms with E-state index in [9.17, 15) is 4.79 Å². The number of hydrogen-bond acceptors (Lipinski definition) is 5. The fourth-order valence-corrected chi connectivity index (χ4v) is 2.22. The zero-order chi connectivity index (χ0) is 12.3. The molecule has 90 valence electrons. The van der Waals surface area contributed by atoms with Crippen LogP contribution in [0.2, 0.25) is 0 Å². The van der Waals surface area contributed by atoms with Gasteiger partial charge in [0.05, 0.1) is 6.54 Å². The largest absolute Gasteiger partial charge is 0.476 e. The molecule has 2 aromatic heterocycles. The minimum absolute atomic E-state index is 0.0899. The van der Waals surface area contributed by atoms with Crippen molar-refractivity contribution in [3.05, 3.63) is 33.8 Å². The van der Waals surface area contributed by atoms with Crippen LogP contribution in [0.25, 0.3) is 0 Å². The van der Waals surface area contributed by atoms with Crippen molar-refractivity contribution in [1.82, 2.24) is 4.98 Å². The summed E-state index contributed by atoms with van der Waals surface area (Å²) in [6.07, 6.45) is 2.14. The van der Waals surface area contributed by atoms with Crippen molar-refractivity contribution in [3.8, 4) is 0 Å². The molecule has 6 heteroatoms. The Morgan fingerprint density at radius 1 is 1.53 bits per heavy atom. The van der Waals surface area contributed by atoms with Crippen LogP contribution in [0.5, 0.6) is 0 Å². The minimum atomic E-state index is -1.09. The lowest BCUT2D eigenvalue weighted by molar-refractivity contribution is 0.0690. The van der Waals surface area contributed by atoms with E-state index in [2.05, 4.69) is 23.3 Å². The number of rotatable bonds is 5. The number of anilines is 1. The third-order valence-electron chi connectivity index (χ3n) is 2.20. The summed E-state index contributed by atoms with van der Waals surface area (Å²) >= 11 is 1.72. The number of nitrogens with zero attached hydrogens (tertiary/aromatic N) is 1. The average Bonchev–Trinajstić information content (AvgIpc) is 2.95. The van der Waals surface area contributed by atoms with E-state index in [0.717, 1.165) is 17.6 Å². The predicted molar refractivity (Wildman–Crippen MR) is 64.5 cm³/mol. The lowest BCUT2D eigenvalue weighted by Crippen LogP contribution is -2.00. The number of carboxylic acids is 1. The molecule has 0 atom stereocenters. The highest BCUT2D eigenvalue weighted by Crippen LogP contribution is 2.18. The smallest absolute Gasteiger partial charge is 0.357 e. The summed E-state index contributed by atoms with van der Waals surface area (Å²) < 4.78 is 4.98. The Morgan fingerprint density at radius 2 is 2.29 bits per heavy atom. The standard InChI is InChI=1S/C11H12N2O3S/c1-2-7-3-4-8(17-7)5-12-11-13-9(6-16-11)10(14)15/h3-4,6H,2,5H2,1H3,(H,12,13)(H,14,15). The van der Waals surface area contributed by atoms with E-state index in [1.165, 1.54) is 4.88 Å². The van der Waals surface area contributed by atoms with E-state index < -0.39 is 5.97 Å². The molecule has 17 heavy (non-hydrogen) atoms. The Labute approximate surface area is 102 Å². The molecule has 0 aliphatic carbocycles. The van der Waals surface area contributed by atoms with Crippen molar-refractivity contribution < 1.29 is 14.3 Å². The summed E-state index contributed by atoms with van der Waals surface area (Å²) in [6, 6.07) is 4.35.